The van der Waals surface area contributed by atoms with Crippen LogP contribution in [-0.2, 0) is 19.9 Å². The molecule has 1 aromatic heterocycles. The van der Waals surface area contributed by atoms with Gasteiger partial charge in [0, 0.05) is 24.2 Å². The Labute approximate surface area is 131 Å². The Hall–Kier alpha value is 0.0800. The molecule has 0 atom stereocenters. The van der Waals surface area contributed by atoms with E-state index in [1.54, 1.807) is 0 Å². The maximum Gasteiger partial charge on any atom is 0.0849 e. The van der Waals surface area contributed by atoms with Gasteiger partial charge in [0.1, 0.15) is 0 Å². The molecule has 0 unspecified atom stereocenters. The Morgan fingerprint density at radius 1 is 1.26 bits per heavy atom. The van der Waals surface area contributed by atoms with Crippen molar-refractivity contribution in [2.45, 2.75) is 40.0 Å². The van der Waals surface area contributed by atoms with Crippen LogP contribution in [0.1, 0.15) is 38.6 Å². The molecule has 19 heavy (non-hydrogen) atoms. The monoisotopic (exact) mass is 324 g/mol. The number of aromatic nitrogens is 2. The lowest BCUT2D eigenvalue weighted by Gasteiger charge is -2.31. The van der Waals surface area contributed by atoms with Gasteiger partial charge in [0.2, 0.25) is 0 Å². The van der Waals surface area contributed by atoms with Gasteiger partial charge in [0.25, 0.3) is 0 Å². The highest BCUT2D eigenvalue weighted by Gasteiger charge is 2.32. The van der Waals surface area contributed by atoms with E-state index in [4.69, 9.17) is 34.8 Å². The molecule has 0 N–H and O–H groups in total. The third-order valence-electron chi connectivity index (χ3n) is 3.45. The summed E-state index contributed by atoms with van der Waals surface area (Å²) in [5, 5.41) is 5.23. The summed E-state index contributed by atoms with van der Waals surface area (Å²) in [6.07, 6.45) is 2.61. The van der Waals surface area contributed by atoms with Gasteiger partial charge in [0.05, 0.1) is 16.4 Å². The topological polar surface area (TPSA) is 17.8 Å². The molecular weight excluding hydrogens is 303 g/mol. The second-order valence-corrected chi connectivity index (χ2v) is 6.64. The average molecular weight is 326 g/mol. The Morgan fingerprint density at radius 3 is 2.21 bits per heavy atom. The minimum atomic E-state index is -0.111. The SMILES string of the molecule is CCc1nn(C)c(CC(CCl)(CCl)CC(C)C)c1Cl. The first-order valence-corrected chi connectivity index (χ1v) is 8.16. The summed E-state index contributed by atoms with van der Waals surface area (Å²) in [5.41, 5.74) is 1.88. The molecule has 1 aromatic rings. The standard InChI is InChI=1S/C14H23Cl3N2/c1-5-11-13(17)12(19(4)18-11)7-14(8-15,9-16)6-10(2)3/h10H,5-9H2,1-4H3. The highest BCUT2D eigenvalue weighted by molar-refractivity contribution is 6.32. The first-order valence-electron chi connectivity index (χ1n) is 6.71. The number of hydrogen-bond donors (Lipinski definition) is 0. The molecule has 0 spiro atoms. The van der Waals surface area contributed by atoms with Crippen LogP contribution in [0.5, 0.6) is 0 Å². The van der Waals surface area contributed by atoms with Crippen LogP contribution < -0.4 is 0 Å². The second-order valence-electron chi connectivity index (χ2n) is 5.73. The van der Waals surface area contributed by atoms with Gasteiger partial charge in [-0.05, 0) is 25.2 Å². The van der Waals surface area contributed by atoms with Crippen LogP contribution in [0.25, 0.3) is 0 Å². The van der Waals surface area contributed by atoms with Crippen molar-refractivity contribution in [2.75, 3.05) is 11.8 Å². The molecule has 0 saturated carbocycles. The fourth-order valence-electron chi connectivity index (χ4n) is 2.54. The summed E-state index contributed by atoms with van der Waals surface area (Å²) in [7, 11) is 1.93. The molecule has 0 fully saturated rings. The van der Waals surface area contributed by atoms with E-state index in [-0.39, 0.29) is 5.41 Å². The number of alkyl halides is 2. The van der Waals surface area contributed by atoms with E-state index >= 15 is 0 Å². The van der Waals surface area contributed by atoms with Crippen LogP contribution in [0.15, 0.2) is 0 Å². The first-order chi connectivity index (χ1) is 8.89. The van der Waals surface area contributed by atoms with Gasteiger partial charge in [-0.15, -0.1) is 23.2 Å². The average Bonchev–Trinajstić information content (AvgIpc) is 2.64. The normalized spacial score (nSPS) is 12.4. The first kappa shape index (κ1) is 17.1. The summed E-state index contributed by atoms with van der Waals surface area (Å²) >= 11 is 18.8. The quantitative estimate of drug-likeness (QED) is 0.665. The molecule has 0 radical (unpaired) electrons. The molecule has 0 saturated heterocycles. The lowest BCUT2D eigenvalue weighted by molar-refractivity contribution is 0.289. The summed E-state index contributed by atoms with van der Waals surface area (Å²) in [6, 6.07) is 0. The molecule has 0 amide bonds. The van der Waals surface area contributed by atoms with Crippen LogP contribution in [0, 0.1) is 11.3 Å². The minimum Gasteiger partial charge on any atom is -0.271 e. The largest absolute Gasteiger partial charge is 0.271 e. The fourth-order valence-corrected chi connectivity index (χ4v) is 3.60. The van der Waals surface area contributed by atoms with Gasteiger partial charge in [-0.3, -0.25) is 4.68 Å². The summed E-state index contributed by atoms with van der Waals surface area (Å²) in [6.45, 7) is 6.44. The van der Waals surface area contributed by atoms with Crippen molar-refractivity contribution in [3.63, 3.8) is 0 Å². The van der Waals surface area contributed by atoms with Gasteiger partial charge < -0.3 is 0 Å². The van der Waals surface area contributed by atoms with Crippen LogP contribution in [-0.4, -0.2) is 21.5 Å². The van der Waals surface area contributed by atoms with Crippen LogP contribution in [0.3, 0.4) is 0 Å². The van der Waals surface area contributed by atoms with Crippen molar-refractivity contribution < 1.29 is 0 Å². The lowest BCUT2D eigenvalue weighted by atomic mass is 9.79. The molecule has 1 rings (SSSR count). The predicted molar refractivity (Wildman–Crippen MR) is 84.6 cm³/mol. The predicted octanol–water partition coefficient (Wildman–Crippen LogP) is 4.69. The molecule has 0 aromatic carbocycles. The van der Waals surface area contributed by atoms with Gasteiger partial charge in [0.15, 0.2) is 0 Å². The molecule has 110 valence electrons. The molecule has 0 aliphatic carbocycles. The Morgan fingerprint density at radius 2 is 1.84 bits per heavy atom. The molecule has 0 bridgehead atoms. The number of nitrogens with zero attached hydrogens (tertiary/aromatic N) is 2. The number of halogens is 3. The highest BCUT2D eigenvalue weighted by Crippen LogP contribution is 2.36. The van der Waals surface area contributed by atoms with Crippen LogP contribution in [0.4, 0.5) is 0 Å². The molecular formula is C14H23Cl3N2. The van der Waals surface area contributed by atoms with Gasteiger partial charge >= 0.3 is 0 Å². The third kappa shape index (κ3) is 4.03. The molecule has 1 heterocycles. The molecule has 2 nitrogen and oxygen atoms in total. The second kappa shape index (κ2) is 7.19. The van der Waals surface area contributed by atoms with Crippen molar-refractivity contribution in [1.29, 1.82) is 0 Å². The Balaban J connectivity index is 3.06. The zero-order chi connectivity index (χ0) is 14.6. The number of hydrogen-bond acceptors (Lipinski definition) is 1. The van der Waals surface area contributed by atoms with Crippen LogP contribution in [0.2, 0.25) is 5.02 Å². The summed E-state index contributed by atoms with van der Waals surface area (Å²) in [5.74, 6) is 1.63. The van der Waals surface area contributed by atoms with E-state index in [9.17, 15) is 0 Å². The van der Waals surface area contributed by atoms with Crippen molar-refractivity contribution in [2.24, 2.45) is 18.4 Å². The van der Waals surface area contributed by atoms with E-state index in [1.165, 1.54) is 0 Å². The van der Waals surface area contributed by atoms with Crippen molar-refractivity contribution in [3.05, 3.63) is 16.4 Å². The zero-order valence-corrected chi connectivity index (χ0v) is 14.4. The number of rotatable bonds is 7. The molecule has 0 aliphatic heterocycles. The Kier molecular flexibility index (Phi) is 6.49. The fraction of sp³-hybridized carbons (Fsp3) is 0.786. The summed E-state index contributed by atoms with van der Waals surface area (Å²) in [4.78, 5) is 0. The van der Waals surface area contributed by atoms with Gasteiger partial charge in [-0.2, -0.15) is 5.10 Å². The van der Waals surface area contributed by atoms with E-state index in [0.29, 0.717) is 17.7 Å². The van der Waals surface area contributed by atoms with Crippen molar-refractivity contribution in [3.8, 4) is 0 Å². The van der Waals surface area contributed by atoms with Crippen LogP contribution >= 0.6 is 34.8 Å². The van der Waals surface area contributed by atoms with E-state index in [2.05, 4.69) is 25.9 Å². The highest BCUT2D eigenvalue weighted by atomic mass is 35.5. The minimum absolute atomic E-state index is 0.111. The van der Waals surface area contributed by atoms with E-state index in [0.717, 1.165) is 35.7 Å². The Bertz CT molecular complexity index is 409. The molecule has 5 heteroatoms. The van der Waals surface area contributed by atoms with E-state index in [1.807, 2.05) is 11.7 Å². The smallest absolute Gasteiger partial charge is 0.0849 e. The number of aryl methyl sites for hydroxylation is 2. The zero-order valence-electron chi connectivity index (χ0n) is 12.1. The summed E-state index contributed by atoms with van der Waals surface area (Å²) < 4.78 is 1.87. The van der Waals surface area contributed by atoms with Crippen molar-refractivity contribution in [1.82, 2.24) is 9.78 Å². The lowest BCUT2D eigenvalue weighted by Crippen LogP contribution is -2.31. The van der Waals surface area contributed by atoms with Crippen molar-refractivity contribution >= 4 is 34.8 Å². The maximum atomic E-state index is 6.42. The maximum absolute atomic E-state index is 6.42. The van der Waals surface area contributed by atoms with Gasteiger partial charge in [-0.1, -0.05) is 32.4 Å². The third-order valence-corrected chi connectivity index (χ3v) is 5.02. The molecule has 0 aliphatic rings. The van der Waals surface area contributed by atoms with E-state index < -0.39 is 0 Å². The van der Waals surface area contributed by atoms with Gasteiger partial charge in [-0.25, -0.2) is 0 Å².